The average molecular weight is 701 g/mol. The predicted molar refractivity (Wildman–Crippen MR) is 186 cm³/mol. The van der Waals surface area contributed by atoms with Crippen LogP contribution in [0.25, 0.3) is 0 Å². The van der Waals surface area contributed by atoms with E-state index in [9.17, 15) is 18.0 Å². The molecule has 0 spiro atoms. The Balaban J connectivity index is 1.88. The summed E-state index contributed by atoms with van der Waals surface area (Å²) in [5, 5.41) is 3.95. The van der Waals surface area contributed by atoms with Crippen molar-refractivity contribution < 1.29 is 18.0 Å². The van der Waals surface area contributed by atoms with Gasteiger partial charge >= 0.3 is 0 Å². The van der Waals surface area contributed by atoms with Crippen LogP contribution in [0.4, 0.5) is 5.69 Å². The number of hydrogen-bond donors (Lipinski definition) is 1. The Bertz CT molecular complexity index is 1780. The van der Waals surface area contributed by atoms with Crippen molar-refractivity contribution in [2.24, 2.45) is 0 Å². The summed E-state index contributed by atoms with van der Waals surface area (Å²) in [6.07, 6.45) is 0.151. The van der Waals surface area contributed by atoms with Crippen LogP contribution in [-0.2, 0) is 32.6 Å². The highest BCUT2D eigenvalue weighted by atomic mass is 35.5. The molecular formula is C35H36Cl3N3O4S. The Hall–Kier alpha value is -3.56. The summed E-state index contributed by atoms with van der Waals surface area (Å²) in [5.74, 6) is -1.05. The van der Waals surface area contributed by atoms with E-state index in [0.717, 1.165) is 9.87 Å². The highest BCUT2D eigenvalue weighted by molar-refractivity contribution is 7.92. The van der Waals surface area contributed by atoms with Crippen molar-refractivity contribution in [3.8, 4) is 0 Å². The fraction of sp³-hybridized carbons (Fsp3) is 0.257. The minimum Gasteiger partial charge on any atom is -0.350 e. The molecule has 0 aliphatic rings. The Labute approximate surface area is 286 Å². The normalized spacial score (nSPS) is 12.3. The first kappa shape index (κ1) is 35.3. The quantitative estimate of drug-likeness (QED) is 0.174. The zero-order valence-electron chi connectivity index (χ0n) is 26.0. The van der Waals surface area contributed by atoms with Crippen molar-refractivity contribution >= 4 is 62.3 Å². The Morgan fingerprint density at radius 3 is 1.91 bits per heavy atom. The molecule has 0 aliphatic heterocycles. The summed E-state index contributed by atoms with van der Waals surface area (Å²) in [7, 11) is -4.27. The first-order valence-electron chi connectivity index (χ1n) is 14.6. The summed E-state index contributed by atoms with van der Waals surface area (Å²) in [6, 6.07) is 25.9. The first-order chi connectivity index (χ1) is 21.7. The lowest BCUT2D eigenvalue weighted by Gasteiger charge is -2.36. The zero-order chi connectivity index (χ0) is 33.6. The van der Waals surface area contributed by atoms with Crippen LogP contribution in [0, 0.1) is 6.92 Å². The topological polar surface area (TPSA) is 86.8 Å². The van der Waals surface area contributed by atoms with Crippen LogP contribution in [0.2, 0.25) is 15.1 Å². The third kappa shape index (κ3) is 8.62. The highest BCUT2D eigenvalue weighted by Gasteiger charge is 2.36. The zero-order valence-corrected chi connectivity index (χ0v) is 29.1. The molecule has 0 bridgehead atoms. The number of hydrogen-bond acceptors (Lipinski definition) is 4. The van der Waals surface area contributed by atoms with Gasteiger partial charge in [0.05, 0.1) is 10.6 Å². The third-order valence-electron chi connectivity index (χ3n) is 7.28. The summed E-state index contributed by atoms with van der Waals surface area (Å²) in [5.41, 5.74) is 1.32. The van der Waals surface area contributed by atoms with Gasteiger partial charge in [0.25, 0.3) is 10.0 Å². The molecule has 0 heterocycles. The van der Waals surface area contributed by atoms with Crippen molar-refractivity contribution in [2.45, 2.75) is 57.1 Å². The molecule has 0 aliphatic carbocycles. The molecule has 0 aromatic heterocycles. The number of nitrogens with one attached hydrogen (secondary N) is 1. The first-order valence-corrected chi connectivity index (χ1v) is 17.2. The standard InChI is InChI=1S/C35H36Cl3N3O4S/c1-24-28(36)17-12-20-31(24)41(46(44,45)26-15-9-6-10-16-26)23-33(42)40(22-27-29(37)18-11-19-30(27)38)32(34(43)39-35(2,3)4)21-25-13-7-5-8-14-25/h5-20,32H,21-23H2,1-4H3,(H,39,43)/t32-/m0/s1. The molecule has 4 aromatic rings. The van der Waals surface area contributed by atoms with Crippen LogP contribution in [0.1, 0.15) is 37.5 Å². The Kier molecular flexibility index (Phi) is 11.4. The summed E-state index contributed by atoms with van der Waals surface area (Å²) in [6.45, 7) is 6.44. The fourth-order valence-corrected chi connectivity index (χ4v) is 7.14. The van der Waals surface area contributed by atoms with Crippen LogP contribution in [0.15, 0.2) is 102 Å². The number of rotatable bonds is 11. The molecule has 0 saturated heterocycles. The van der Waals surface area contributed by atoms with Crippen molar-refractivity contribution in [3.05, 3.63) is 129 Å². The summed E-state index contributed by atoms with van der Waals surface area (Å²) in [4.78, 5) is 30.0. The van der Waals surface area contributed by atoms with Gasteiger partial charge in [-0.25, -0.2) is 8.42 Å². The molecule has 4 rings (SSSR count). The van der Waals surface area contributed by atoms with E-state index in [1.807, 2.05) is 51.1 Å². The number of anilines is 1. The highest BCUT2D eigenvalue weighted by Crippen LogP contribution is 2.32. The van der Waals surface area contributed by atoms with Crippen LogP contribution in [0.3, 0.4) is 0 Å². The molecule has 1 atom stereocenters. The Morgan fingerprint density at radius 1 is 0.783 bits per heavy atom. The van der Waals surface area contributed by atoms with Gasteiger partial charge in [0, 0.05) is 39.1 Å². The van der Waals surface area contributed by atoms with Crippen molar-refractivity contribution in [3.63, 3.8) is 0 Å². The van der Waals surface area contributed by atoms with Crippen LogP contribution in [0.5, 0.6) is 0 Å². The maximum Gasteiger partial charge on any atom is 0.264 e. The lowest BCUT2D eigenvalue weighted by atomic mass is 10.0. The van der Waals surface area contributed by atoms with Gasteiger partial charge in [-0.2, -0.15) is 0 Å². The number of carbonyl (C=O) groups is 2. The van der Waals surface area contributed by atoms with E-state index < -0.39 is 40.0 Å². The molecule has 0 saturated carbocycles. The lowest BCUT2D eigenvalue weighted by Crippen LogP contribution is -2.56. The number of nitrogens with zero attached hydrogens (tertiary/aromatic N) is 2. The molecule has 242 valence electrons. The minimum atomic E-state index is -4.27. The number of amides is 2. The molecule has 46 heavy (non-hydrogen) atoms. The van der Waals surface area contributed by atoms with E-state index >= 15 is 0 Å². The van der Waals surface area contributed by atoms with Gasteiger partial charge < -0.3 is 10.2 Å². The van der Waals surface area contributed by atoms with Crippen LogP contribution < -0.4 is 9.62 Å². The van der Waals surface area contributed by atoms with Crippen LogP contribution in [-0.4, -0.2) is 43.3 Å². The summed E-state index contributed by atoms with van der Waals surface area (Å²) < 4.78 is 29.4. The molecule has 0 radical (unpaired) electrons. The SMILES string of the molecule is Cc1c(Cl)cccc1N(CC(=O)N(Cc1c(Cl)cccc1Cl)[C@@H](Cc1ccccc1)C(=O)NC(C)(C)C)S(=O)(=O)c1ccccc1. The van der Waals surface area contributed by atoms with Crippen molar-refractivity contribution in [2.75, 3.05) is 10.8 Å². The number of carbonyl (C=O) groups excluding carboxylic acids is 2. The van der Waals surface area contributed by atoms with Crippen molar-refractivity contribution in [1.82, 2.24) is 10.2 Å². The van der Waals surface area contributed by atoms with Gasteiger partial charge in [0.1, 0.15) is 12.6 Å². The van der Waals surface area contributed by atoms with E-state index in [0.29, 0.717) is 26.2 Å². The second kappa shape index (κ2) is 14.9. The predicted octanol–water partition coefficient (Wildman–Crippen LogP) is 7.71. The van der Waals surface area contributed by atoms with E-state index in [4.69, 9.17) is 34.8 Å². The monoisotopic (exact) mass is 699 g/mol. The average Bonchev–Trinajstić information content (AvgIpc) is 3.00. The number of sulfonamides is 1. The van der Waals surface area contributed by atoms with E-state index in [1.165, 1.54) is 17.0 Å². The second-order valence-corrected chi connectivity index (χ2v) is 15.0. The maximum absolute atomic E-state index is 14.7. The Morgan fingerprint density at radius 2 is 1.33 bits per heavy atom. The van der Waals surface area contributed by atoms with Crippen molar-refractivity contribution in [1.29, 1.82) is 0 Å². The number of benzene rings is 4. The molecule has 0 unspecified atom stereocenters. The summed E-state index contributed by atoms with van der Waals surface area (Å²) >= 11 is 19.6. The molecule has 2 amide bonds. The van der Waals surface area contributed by atoms with E-state index in [-0.39, 0.29) is 23.5 Å². The minimum absolute atomic E-state index is 0.00538. The molecule has 7 nitrogen and oxygen atoms in total. The third-order valence-corrected chi connectivity index (χ3v) is 10.2. The van der Waals surface area contributed by atoms with Gasteiger partial charge in [-0.1, -0.05) is 95.5 Å². The smallest absolute Gasteiger partial charge is 0.264 e. The molecule has 4 aromatic carbocycles. The maximum atomic E-state index is 14.7. The van der Waals surface area contributed by atoms with E-state index in [2.05, 4.69) is 5.32 Å². The fourth-order valence-electron chi connectivity index (χ4n) is 4.96. The molecular weight excluding hydrogens is 665 g/mol. The second-order valence-electron chi connectivity index (χ2n) is 11.9. The largest absolute Gasteiger partial charge is 0.350 e. The molecule has 0 fully saturated rings. The molecule has 11 heteroatoms. The van der Waals surface area contributed by atoms with Crippen LogP contribution >= 0.6 is 34.8 Å². The molecule has 1 N–H and O–H groups in total. The van der Waals surface area contributed by atoms with Gasteiger partial charge in [0.2, 0.25) is 11.8 Å². The van der Waals surface area contributed by atoms with Gasteiger partial charge in [-0.15, -0.1) is 0 Å². The van der Waals surface area contributed by atoms with Gasteiger partial charge in [-0.05, 0) is 75.2 Å². The van der Waals surface area contributed by atoms with Gasteiger partial charge in [0.15, 0.2) is 0 Å². The van der Waals surface area contributed by atoms with E-state index in [1.54, 1.807) is 61.5 Å². The van der Waals surface area contributed by atoms with Gasteiger partial charge in [-0.3, -0.25) is 13.9 Å². The lowest BCUT2D eigenvalue weighted by molar-refractivity contribution is -0.140. The number of halogens is 3.